The highest BCUT2D eigenvalue weighted by molar-refractivity contribution is 9.10. The molecule has 1 aliphatic rings. The van der Waals surface area contributed by atoms with Crippen LogP contribution in [0.25, 0.3) is 0 Å². The van der Waals surface area contributed by atoms with Crippen LogP contribution in [0.1, 0.15) is 5.56 Å². The molecule has 8 nitrogen and oxygen atoms in total. The van der Waals surface area contributed by atoms with Gasteiger partial charge in [-0.3, -0.25) is 9.79 Å². The first-order chi connectivity index (χ1) is 13.6. The molecule has 0 aliphatic carbocycles. The molecule has 1 aromatic heterocycles. The number of nitrogens with one attached hydrogen (secondary N) is 2. The van der Waals surface area contributed by atoms with Crippen LogP contribution >= 0.6 is 15.9 Å². The van der Waals surface area contributed by atoms with Crippen LogP contribution in [-0.4, -0.2) is 66.5 Å². The molecule has 2 heterocycles. The lowest BCUT2D eigenvalue weighted by Gasteiger charge is -2.36. The summed E-state index contributed by atoms with van der Waals surface area (Å²) in [6, 6.07) is 7.62. The van der Waals surface area contributed by atoms with E-state index < -0.39 is 0 Å². The minimum atomic E-state index is -0.112. The number of hydrogen-bond acceptors (Lipinski definition) is 5. The number of hydrogen-bond donors (Lipinski definition) is 2. The summed E-state index contributed by atoms with van der Waals surface area (Å²) in [5, 5.41) is 6.08. The molecule has 9 heteroatoms. The molecule has 0 radical (unpaired) electrons. The lowest BCUT2D eigenvalue weighted by molar-refractivity contribution is -0.115. The van der Waals surface area contributed by atoms with Crippen molar-refractivity contribution in [1.82, 2.24) is 20.2 Å². The molecule has 1 saturated heterocycles. The first kappa shape index (κ1) is 20.1. The van der Waals surface area contributed by atoms with Crippen LogP contribution < -0.4 is 15.5 Å². The summed E-state index contributed by atoms with van der Waals surface area (Å²) in [5.41, 5.74) is 1.81. The Morgan fingerprint density at radius 1 is 1.21 bits per heavy atom. The summed E-state index contributed by atoms with van der Waals surface area (Å²) in [4.78, 5) is 29.5. The Morgan fingerprint density at radius 2 is 1.93 bits per heavy atom. The summed E-state index contributed by atoms with van der Waals surface area (Å²) >= 11 is 3.43. The molecule has 2 aromatic rings. The zero-order chi connectivity index (χ0) is 19.9. The first-order valence-electron chi connectivity index (χ1n) is 9.10. The molecule has 1 amide bonds. The number of benzene rings is 1. The number of rotatable bonds is 4. The average Bonchev–Trinajstić information content (AvgIpc) is 2.72. The van der Waals surface area contributed by atoms with Crippen molar-refractivity contribution < 1.29 is 4.79 Å². The van der Waals surface area contributed by atoms with E-state index >= 15 is 0 Å². The minimum absolute atomic E-state index is 0.112. The zero-order valence-electron chi connectivity index (χ0n) is 16.0. The summed E-state index contributed by atoms with van der Waals surface area (Å²) in [7, 11) is 1.73. The highest BCUT2D eigenvalue weighted by atomic mass is 79.9. The van der Waals surface area contributed by atoms with E-state index in [0.717, 1.165) is 53.8 Å². The largest absolute Gasteiger partial charge is 0.347 e. The number of anilines is 2. The van der Waals surface area contributed by atoms with Crippen molar-refractivity contribution in [3.63, 3.8) is 0 Å². The van der Waals surface area contributed by atoms with Crippen LogP contribution in [0.15, 0.2) is 46.1 Å². The molecule has 3 rings (SSSR count). The van der Waals surface area contributed by atoms with Gasteiger partial charge in [-0.2, -0.15) is 0 Å². The van der Waals surface area contributed by atoms with Crippen LogP contribution in [0.2, 0.25) is 0 Å². The average molecular weight is 446 g/mol. The van der Waals surface area contributed by atoms with Crippen LogP contribution in [0.5, 0.6) is 0 Å². The Bertz CT molecular complexity index is 835. The van der Waals surface area contributed by atoms with Gasteiger partial charge in [0.05, 0.1) is 6.54 Å². The fourth-order valence-electron chi connectivity index (χ4n) is 2.99. The smallest absolute Gasteiger partial charge is 0.243 e. The molecular weight excluding hydrogens is 422 g/mol. The van der Waals surface area contributed by atoms with E-state index in [4.69, 9.17) is 0 Å². The molecule has 0 atom stereocenters. The second kappa shape index (κ2) is 9.50. The Hall–Kier alpha value is -2.68. The molecule has 0 saturated carbocycles. The fourth-order valence-corrected chi connectivity index (χ4v) is 3.35. The number of halogens is 1. The maximum atomic E-state index is 12.3. The molecule has 1 fully saturated rings. The molecule has 0 bridgehead atoms. The van der Waals surface area contributed by atoms with Crippen LogP contribution in [0.3, 0.4) is 0 Å². The van der Waals surface area contributed by atoms with Gasteiger partial charge in [0.2, 0.25) is 11.9 Å². The van der Waals surface area contributed by atoms with E-state index in [1.165, 1.54) is 0 Å². The number of amides is 1. The van der Waals surface area contributed by atoms with Gasteiger partial charge in [0.25, 0.3) is 0 Å². The van der Waals surface area contributed by atoms with Crippen LogP contribution in [0, 0.1) is 6.92 Å². The van der Waals surface area contributed by atoms with E-state index in [-0.39, 0.29) is 12.5 Å². The van der Waals surface area contributed by atoms with Gasteiger partial charge in [-0.25, -0.2) is 9.97 Å². The van der Waals surface area contributed by atoms with E-state index in [2.05, 4.69) is 51.3 Å². The number of nitrogens with zero attached hydrogens (tertiary/aromatic N) is 5. The van der Waals surface area contributed by atoms with Gasteiger partial charge in [0, 0.05) is 55.8 Å². The van der Waals surface area contributed by atoms with Crippen molar-refractivity contribution in [2.75, 3.05) is 50.0 Å². The normalized spacial score (nSPS) is 14.8. The van der Waals surface area contributed by atoms with E-state index in [9.17, 15) is 4.79 Å². The SMILES string of the molecule is CN=C(NCC(=O)Nc1cc(Br)ccc1C)N1CCN(c2ncccn2)CC1. The van der Waals surface area contributed by atoms with Crippen molar-refractivity contribution in [3.05, 3.63) is 46.7 Å². The summed E-state index contributed by atoms with van der Waals surface area (Å²) in [6.07, 6.45) is 3.50. The first-order valence-corrected chi connectivity index (χ1v) is 9.89. The van der Waals surface area contributed by atoms with Gasteiger partial charge in [0.15, 0.2) is 5.96 Å². The standard InChI is InChI=1S/C19H24BrN7O/c1-14-4-5-15(20)12-16(14)25-17(28)13-24-18(21-2)26-8-10-27(11-9-26)19-22-6-3-7-23-19/h3-7,12H,8-11,13H2,1-2H3,(H,21,24)(H,25,28). The zero-order valence-corrected chi connectivity index (χ0v) is 17.6. The van der Waals surface area contributed by atoms with Gasteiger partial charge in [0.1, 0.15) is 0 Å². The molecule has 1 aromatic carbocycles. The second-order valence-electron chi connectivity index (χ2n) is 6.43. The number of aliphatic imine (C=N–C) groups is 1. The topological polar surface area (TPSA) is 85.8 Å². The van der Waals surface area contributed by atoms with Gasteiger partial charge >= 0.3 is 0 Å². The van der Waals surface area contributed by atoms with Crippen molar-refractivity contribution in [1.29, 1.82) is 0 Å². The van der Waals surface area contributed by atoms with E-state index in [0.29, 0.717) is 0 Å². The van der Waals surface area contributed by atoms with Crippen molar-refractivity contribution in [2.24, 2.45) is 4.99 Å². The number of aromatic nitrogens is 2. The quantitative estimate of drug-likeness (QED) is 0.551. The lowest BCUT2D eigenvalue weighted by atomic mass is 10.2. The van der Waals surface area contributed by atoms with Crippen LogP contribution in [0.4, 0.5) is 11.6 Å². The monoisotopic (exact) mass is 445 g/mol. The summed E-state index contributed by atoms with van der Waals surface area (Å²) < 4.78 is 0.928. The molecule has 1 aliphatic heterocycles. The number of piperazine rings is 1. The maximum absolute atomic E-state index is 12.3. The van der Waals surface area contributed by atoms with Gasteiger partial charge in [-0.1, -0.05) is 22.0 Å². The summed E-state index contributed by atoms with van der Waals surface area (Å²) in [6.45, 7) is 5.28. The predicted octanol–water partition coefficient (Wildman–Crippen LogP) is 1.88. The molecule has 0 spiro atoms. The van der Waals surface area contributed by atoms with Gasteiger partial charge in [-0.15, -0.1) is 0 Å². The highest BCUT2D eigenvalue weighted by Gasteiger charge is 2.21. The number of carbonyl (C=O) groups excluding carboxylic acids is 1. The van der Waals surface area contributed by atoms with Crippen LogP contribution in [-0.2, 0) is 4.79 Å². The Morgan fingerprint density at radius 3 is 2.61 bits per heavy atom. The third kappa shape index (κ3) is 5.19. The van der Waals surface area contributed by atoms with Crippen molar-refractivity contribution >= 4 is 39.4 Å². The Kier molecular flexibility index (Phi) is 6.80. The molecule has 148 valence electrons. The third-order valence-electron chi connectivity index (χ3n) is 4.51. The number of guanidine groups is 1. The Labute approximate surface area is 173 Å². The van der Waals surface area contributed by atoms with E-state index in [1.807, 2.05) is 31.2 Å². The maximum Gasteiger partial charge on any atom is 0.243 e. The second-order valence-corrected chi connectivity index (χ2v) is 7.35. The molecule has 2 N–H and O–H groups in total. The molecule has 0 unspecified atom stereocenters. The third-order valence-corrected chi connectivity index (χ3v) is 5.00. The molecular formula is C19H24BrN7O. The lowest BCUT2D eigenvalue weighted by Crippen LogP contribution is -2.53. The van der Waals surface area contributed by atoms with Crippen molar-refractivity contribution in [3.8, 4) is 0 Å². The van der Waals surface area contributed by atoms with E-state index in [1.54, 1.807) is 19.4 Å². The Balaban J connectivity index is 1.50. The summed E-state index contributed by atoms with van der Waals surface area (Å²) in [5.74, 6) is 1.35. The highest BCUT2D eigenvalue weighted by Crippen LogP contribution is 2.20. The molecule has 28 heavy (non-hydrogen) atoms. The number of carbonyl (C=O) groups is 1. The van der Waals surface area contributed by atoms with Gasteiger partial charge < -0.3 is 20.4 Å². The predicted molar refractivity (Wildman–Crippen MR) is 115 cm³/mol. The van der Waals surface area contributed by atoms with Crippen molar-refractivity contribution in [2.45, 2.75) is 6.92 Å². The fraction of sp³-hybridized carbons (Fsp3) is 0.368. The van der Waals surface area contributed by atoms with Gasteiger partial charge in [-0.05, 0) is 30.7 Å². The minimum Gasteiger partial charge on any atom is -0.347 e. The number of aryl methyl sites for hydroxylation is 1.